The van der Waals surface area contributed by atoms with Gasteiger partial charge in [0.15, 0.2) is 0 Å². The molecular weight excluding hydrogens is 244 g/mol. The molecule has 1 N–H and O–H groups in total. The van der Waals surface area contributed by atoms with Gasteiger partial charge in [0.05, 0.1) is 19.1 Å². The van der Waals surface area contributed by atoms with E-state index in [1.165, 1.54) is 4.90 Å². The summed E-state index contributed by atoms with van der Waals surface area (Å²) >= 11 is 0. The van der Waals surface area contributed by atoms with Crippen LogP contribution in [0.4, 0.5) is 0 Å². The maximum absolute atomic E-state index is 12.0. The molecule has 1 unspecified atom stereocenters. The van der Waals surface area contributed by atoms with Crippen molar-refractivity contribution in [2.75, 3.05) is 19.8 Å². The highest BCUT2D eigenvalue weighted by Gasteiger charge is 2.39. The number of rotatable bonds is 8. The number of ether oxygens (including phenoxy) is 1. The SMILES string of the molecule is CC(C)CCOCCNC1CC(=O)N(C(C)C)C1=O. The van der Waals surface area contributed by atoms with Crippen LogP contribution in [0.1, 0.15) is 40.5 Å². The first kappa shape index (κ1) is 16.1. The third-order valence-corrected chi connectivity index (χ3v) is 3.18. The van der Waals surface area contributed by atoms with Crippen molar-refractivity contribution in [3.8, 4) is 0 Å². The van der Waals surface area contributed by atoms with Crippen LogP contribution in [0.5, 0.6) is 0 Å². The summed E-state index contributed by atoms with van der Waals surface area (Å²) in [6.45, 7) is 9.95. The molecule has 19 heavy (non-hydrogen) atoms. The number of carbonyl (C=O) groups excluding carboxylic acids is 2. The first-order valence-electron chi connectivity index (χ1n) is 7.10. The Kier molecular flexibility index (Phi) is 6.45. The van der Waals surface area contributed by atoms with Gasteiger partial charge in [0.1, 0.15) is 0 Å². The Balaban J connectivity index is 2.20. The van der Waals surface area contributed by atoms with Crippen LogP contribution in [0.2, 0.25) is 0 Å². The van der Waals surface area contributed by atoms with E-state index in [0.29, 0.717) is 19.1 Å². The second kappa shape index (κ2) is 7.60. The number of hydrogen-bond donors (Lipinski definition) is 1. The molecule has 1 aliphatic rings. The number of amides is 2. The zero-order valence-corrected chi connectivity index (χ0v) is 12.4. The van der Waals surface area contributed by atoms with E-state index in [4.69, 9.17) is 4.74 Å². The summed E-state index contributed by atoms with van der Waals surface area (Å²) in [6, 6.07) is -0.433. The second-order valence-electron chi connectivity index (χ2n) is 5.70. The van der Waals surface area contributed by atoms with Gasteiger partial charge in [-0.05, 0) is 26.2 Å². The molecule has 0 aromatic heterocycles. The van der Waals surface area contributed by atoms with Crippen LogP contribution in [-0.4, -0.2) is 48.6 Å². The van der Waals surface area contributed by atoms with Crippen molar-refractivity contribution in [3.05, 3.63) is 0 Å². The maximum atomic E-state index is 12.0. The van der Waals surface area contributed by atoms with Gasteiger partial charge in [0.25, 0.3) is 0 Å². The highest BCUT2D eigenvalue weighted by atomic mass is 16.5. The Hall–Kier alpha value is -0.940. The molecule has 0 bridgehead atoms. The van der Waals surface area contributed by atoms with Gasteiger partial charge in [-0.2, -0.15) is 0 Å². The van der Waals surface area contributed by atoms with Gasteiger partial charge in [0, 0.05) is 19.2 Å². The molecule has 110 valence electrons. The molecular formula is C14H26N2O3. The lowest BCUT2D eigenvalue weighted by Crippen LogP contribution is -2.42. The Bertz CT molecular complexity index is 316. The van der Waals surface area contributed by atoms with Crippen molar-refractivity contribution in [2.24, 2.45) is 5.92 Å². The molecule has 1 saturated heterocycles. The lowest BCUT2D eigenvalue weighted by Gasteiger charge is -2.19. The van der Waals surface area contributed by atoms with Gasteiger partial charge in [-0.3, -0.25) is 14.5 Å². The molecule has 5 heteroatoms. The molecule has 0 aliphatic carbocycles. The summed E-state index contributed by atoms with van der Waals surface area (Å²) in [5.74, 6) is 0.446. The quantitative estimate of drug-likeness (QED) is 0.531. The molecule has 0 radical (unpaired) electrons. The van der Waals surface area contributed by atoms with E-state index in [1.54, 1.807) is 0 Å². The lowest BCUT2D eigenvalue weighted by molar-refractivity contribution is -0.140. The normalized spacial score (nSPS) is 20.1. The molecule has 0 aromatic carbocycles. The monoisotopic (exact) mass is 270 g/mol. The smallest absolute Gasteiger partial charge is 0.247 e. The van der Waals surface area contributed by atoms with E-state index in [-0.39, 0.29) is 30.3 Å². The number of likely N-dealkylation sites (tertiary alicyclic amines) is 1. The van der Waals surface area contributed by atoms with Gasteiger partial charge in [-0.15, -0.1) is 0 Å². The molecule has 1 rings (SSSR count). The van der Waals surface area contributed by atoms with E-state index in [9.17, 15) is 9.59 Å². The molecule has 0 aromatic rings. The average Bonchev–Trinajstić information content (AvgIpc) is 2.58. The van der Waals surface area contributed by atoms with Crippen molar-refractivity contribution in [2.45, 2.75) is 52.6 Å². The van der Waals surface area contributed by atoms with Crippen molar-refractivity contribution in [1.29, 1.82) is 0 Å². The summed E-state index contributed by atoms with van der Waals surface area (Å²) in [5, 5.41) is 3.10. The largest absolute Gasteiger partial charge is 0.380 e. The van der Waals surface area contributed by atoms with Crippen molar-refractivity contribution in [1.82, 2.24) is 10.2 Å². The van der Waals surface area contributed by atoms with Crippen LogP contribution < -0.4 is 5.32 Å². The molecule has 5 nitrogen and oxygen atoms in total. The van der Waals surface area contributed by atoms with E-state index in [2.05, 4.69) is 19.2 Å². The highest BCUT2D eigenvalue weighted by molar-refractivity contribution is 6.05. The number of imide groups is 1. The van der Waals surface area contributed by atoms with Crippen LogP contribution in [0, 0.1) is 5.92 Å². The third-order valence-electron chi connectivity index (χ3n) is 3.18. The van der Waals surface area contributed by atoms with Crippen molar-refractivity contribution >= 4 is 11.8 Å². The van der Waals surface area contributed by atoms with Crippen LogP contribution >= 0.6 is 0 Å². The Morgan fingerprint density at radius 1 is 1.26 bits per heavy atom. The van der Waals surface area contributed by atoms with Gasteiger partial charge < -0.3 is 10.1 Å². The molecule has 1 aliphatic heterocycles. The summed E-state index contributed by atoms with van der Waals surface area (Å²) in [4.78, 5) is 25.0. The van der Waals surface area contributed by atoms with Crippen LogP contribution in [-0.2, 0) is 14.3 Å². The number of hydrogen-bond acceptors (Lipinski definition) is 4. The van der Waals surface area contributed by atoms with Crippen LogP contribution in [0.25, 0.3) is 0 Å². The number of carbonyl (C=O) groups is 2. The van der Waals surface area contributed by atoms with Gasteiger partial charge in [-0.25, -0.2) is 0 Å². The maximum Gasteiger partial charge on any atom is 0.247 e. The molecule has 1 fully saturated rings. The fourth-order valence-corrected chi connectivity index (χ4v) is 2.08. The minimum atomic E-state index is -0.372. The number of nitrogens with zero attached hydrogens (tertiary/aromatic N) is 1. The number of nitrogens with one attached hydrogen (secondary N) is 1. The molecule has 1 heterocycles. The summed E-state index contributed by atoms with van der Waals surface area (Å²) in [7, 11) is 0. The van der Waals surface area contributed by atoms with E-state index >= 15 is 0 Å². The zero-order chi connectivity index (χ0) is 14.4. The summed E-state index contributed by atoms with van der Waals surface area (Å²) in [5.41, 5.74) is 0. The Morgan fingerprint density at radius 2 is 1.95 bits per heavy atom. The fraction of sp³-hybridized carbons (Fsp3) is 0.857. The minimum absolute atomic E-state index is 0.0610. The van der Waals surface area contributed by atoms with Gasteiger partial charge >= 0.3 is 0 Å². The summed E-state index contributed by atoms with van der Waals surface area (Å²) < 4.78 is 5.47. The standard InChI is InChI=1S/C14H26N2O3/c1-10(2)5-7-19-8-6-15-12-9-13(17)16(11(3)4)14(12)18/h10-12,15H,5-9H2,1-4H3. The van der Waals surface area contributed by atoms with Gasteiger partial charge in [0.2, 0.25) is 11.8 Å². The second-order valence-corrected chi connectivity index (χ2v) is 5.70. The molecule has 1 atom stereocenters. The van der Waals surface area contributed by atoms with Crippen molar-refractivity contribution in [3.63, 3.8) is 0 Å². The lowest BCUT2D eigenvalue weighted by atomic mass is 10.1. The highest BCUT2D eigenvalue weighted by Crippen LogP contribution is 2.15. The fourth-order valence-electron chi connectivity index (χ4n) is 2.08. The summed E-state index contributed by atoms with van der Waals surface area (Å²) in [6.07, 6.45) is 1.31. The van der Waals surface area contributed by atoms with E-state index in [0.717, 1.165) is 13.0 Å². The van der Waals surface area contributed by atoms with Crippen LogP contribution in [0.15, 0.2) is 0 Å². The van der Waals surface area contributed by atoms with Crippen LogP contribution in [0.3, 0.4) is 0 Å². The van der Waals surface area contributed by atoms with E-state index < -0.39 is 0 Å². The first-order chi connectivity index (χ1) is 8.93. The molecule has 2 amide bonds. The minimum Gasteiger partial charge on any atom is -0.380 e. The topological polar surface area (TPSA) is 58.6 Å². The Morgan fingerprint density at radius 3 is 2.47 bits per heavy atom. The third kappa shape index (κ3) is 4.91. The molecule has 0 spiro atoms. The van der Waals surface area contributed by atoms with Crippen molar-refractivity contribution < 1.29 is 14.3 Å². The predicted molar refractivity (Wildman–Crippen MR) is 73.7 cm³/mol. The first-order valence-corrected chi connectivity index (χ1v) is 7.10. The predicted octanol–water partition coefficient (Wildman–Crippen LogP) is 1.17. The zero-order valence-electron chi connectivity index (χ0n) is 12.4. The average molecular weight is 270 g/mol. The Labute approximate surface area is 115 Å². The van der Waals surface area contributed by atoms with Gasteiger partial charge in [-0.1, -0.05) is 13.8 Å². The van der Waals surface area contributed by atoms with E-state index in [1.807, 2.05) is 13.8 Å². The molecule has 0 saturated carbocycles.